The number of hydrogen-bond acceptors (Lipinski definition) is 5. The fourth-order valence-corrected chi connectivity index (χ4v) is 3.80. The van der Waals surface area contributed by atoms with Gasteiger partial charge in [-0.05, 0) is 48.9 Å². The molecule has 2 aromatic carbocycles. The van der Waals surface area contributed by atoms with E-state index in [4.69, 9.17) is 9.73 Å². The standard InChI is InChI=1S/C22H25N3O2S/c1-5-28-22-23-15(3)19(21(26)24-17-9-7-6-8-10-17)20(25-22)16-12-11-14(2)18(13-16)27-4/h6-13,20H,5H2,1-4H3,(H,23,25)(H,24,26)/t20-/m1/s1. The first-order chi connectivity index (χ1) is 13.5. The number of nitrogens with zero attached hydrogens (tertiary/aromatic N) is 1. The molecule has 0 unspecified atom stereocenters. The molecule has 0 aliphatic carbocycles. The zero-order chi connectivity index (χ0) is 20.1. The predicted molar refractivity (Wildman–Crippen MR) is 117 cm³/mol. The van der Waals surface area contributed by atoms with Gasteiger partial charge in [-0.3, -0.25) is 4.79 Å². The summed E-state index contributed by atoms with van der Waals surface area (Å²) in [6.45, 7) is 6.00. The number of allylic oxidation sites excluding steroid dienone is 1. The summed E-state index contributed by atoms with van der Waals surface area (Å²) in [5.41, 5.74) is 4.14. The fraction of sp³-hybridized carbons (Fsp3) is 0.273. The molecule has 0 aromatic heterocycles. The highest BCUT2D eigenvalue weighted by Gasteiger charge is 2.29. The lowest BCUT2D eigenvalue weighted by Crippen LogP contribution is -2.32. The Morgan fingerprint density at radius 1 is 1.21 bits per heavy atom. The maximum Gasteiger partial charge on any atom is 0.255 e. The van der Waals surface area contributed by atoms with Crippen LogP contribution in [0.25, 0.3) is 0 Å². The molecule has 1 aliphatic heterocycles. The first-order valence-corrected chi connectivity index (χ1v) is 10.2. The number of carbonyl (C=O) groups excluding carboxylic acids is 1. The Kier molecular flexibility index (Phi) is 6.41. The number of methoxy groups -OCH3 is 1. The Bertz CT molecular complexity index is 923. The van der Waals surface area contributed by atoms with Crippen LogP contribution in [-0.4, -0.2) is 23.9 Å². The molecule has 6 heteroatoms. The van der Waals surface area contributed by atoms with E-state index in [1.807, 2.05) is 62.4 Å². The van der Waals surface area contributed by atoms with Crippen LogP contribution in [0.4, 0.5) is 5.69 Å². The topological polar surface area (TPSA) is 62.7 Å². The summed E-state index contributed by atoms with van der Waals surface area (Å²) in [5, 5.41) is 7.08. The molecule has 2 N–H and O–H groups in total. The number of anilines is 1. The summed E-state index contributed by atoms with van der Waals surface area (Å²) in [6.07, 6.45) is 0. The number of aliphatic imine (C=N–C) groups is 1. The number of benzene rings is 2. The molecule has 2 aromatic rings. The molecule has 0 radical (unpaired) electrons. The maximum absolute atomic E-state index is 13.1. The highest BCUT2D eigenvalue weighted by Crippen LogP contribution is 2.35. The van der Waals surface area contributed by atoms with E-state index in [-0.39, 0.29) is 5.91 Å². The van der Waals surface area contributed by atoms with E-state index < -0.39 is 6.04 Å². The van der Waals surface area contributed by atoms with Crippen molar-refractivity contribution < 1.29 is 9.53 Å². The van der Waals surface area contributed by atoms with E-state index >= 15 is 0 Å². The first-order valence-electron chi connectivity index (χ1n) is 9.22. The number of amides is 1. The Morgan fingerprint density at radius 3 is 2.64 bits per heavy atom. The van der Waals surface area contributed by atoms with Gasteiger partial charge in [-0.2, -0.15) is 0 Å². The van der Waals surface area contributed by atoms with Gasteiger partial charge < -0.3 is 15.4 Å². The lowest BCUT2D eigenvalue weighted by Gasteiger charge is -2.26. The number of hydrogen-bond donors (Lipinski definition) is 2. The molecule has 1 aliphatic rings. The zero-order valence-electron chi connectivity index (χ0n) is 16.6. The van der Waals surface area contributed by atoms with Crippen LogP contribution in [0.3, 0.4) is 0 Å². The third-order valence-electron chi connectivity index (χ3n) is 4.52. The number of ether oxygens (including phenoxy) is 1. The minimum absolute atomic E-state index is 0.162. The van der Waals surface area contributed by atoms with Gasteiger partial charge in [0.25, 0.3) is 5.91 Å². The largest absolute Gasteiger partial charge is 0.496 e. The number of nitrogens with one attached hydrogen (secondary N) is 2. The lowest BCUT2D eigenvalue weighted by molar-refractivity contribution is -0.113. The molecule has 1 heterocycles. The molecule has 0 saturated heterocycles. The fourth-order valence-electron chi connectivity index (χ4n) is 3.12. The minimum atomic E-state index is -0.395. The monoisotopic (exact) mass is 395 g/mol. The molecule has 1 atom stereocenters. The van der Waals surface area contributed by atoms with E-state index in [1.54, 1.807) is 18.9 Å². The predicted octanol–water partition coefficient (Wildman–Crippen LogP) is 4.67. The van der Waals surface area contributed by atoms with Crippen LogP contribution in [0.15, 0.2) is 64.8 Å². The van der Waals surface area contributed by atoms with Crippen molar-refractivity contribution in [2.24, 2.45) is 4.99 Å². The maximum atomic E-state index is 13.1. The highest BCUT2D eigenvalue weighted by atomic mass is 32.2. The average Bonchev–Trinajstić information content (AvgIpc) is 2.69. The van der Waals surface area contributed by atoms with Crippen molar-refractivity contribution in [2.75, 3.05) is 18.2 Å². The van der Waals surface area contributed by atoms with Crippen LogP contribution in [0.5, 0.6) is 5.75 Å². The average molecular weight is 396 g/mol. The Labute approximate surface area is 170 Å². The van der Waals surface area contributed by atoms with Gasteiger partial charge in [0.2, 0.25) is 0 Å². The number of aryl methyl sites for hydroxylation is 1. The smallest absolute Gasteiger partial charge is 0.255 e. The SMILES string of the molecule is CCSC1=N[C@H](c2ccc(C)c(OC)c2)C(C(=O)Nc2ccccc2)=C(C)N1. The molecular formula is C22H25N3O2S. The Morgan fingerprint density at radius 2 is 1.96 bits per heavy atom. The molecule has 5 nitrogen and oxygen atoms in total. The number of thioether (sulfide) groups is 1. The zero-order valence-corrected chi connectivity index (χ0v) is 17.4. The highest BCUT2D eigenvalue weighted by molar-refractivity contribution is 8.13. The van der Waals surface area contributed by atoms with Crippen LogP contribution >= 0.6 is 11.8 Å². The molecule has 0 saturated carbocycles. The summed E-state index contributed by atoms with van der Waals surface area (Å²) in [7, 11) is 1.65. The van der Waals surface area contributed by atoms with E-state index in [2.05, 4.69) is 17.6 Å². The van der Waals surface area contributed by atoms with E-state index in [0.29, 0.717) is 5.57 Å². The normalized spacial score (nSPS) is 16.3. The molecule has 0 fully saturated rings. The minimum Gasteiger partial charge on any atom is -0.496 e. The number of para-hydroxylation sites is 1. The molecule has 146 valence electrons. The van der Waals surface area contributed by atoms with Crippen molar-refractivity contribution >= 4 is 28.5 Å². The first kappa shape index (κ1) is 20.0. The van der Waals surface area contributed by atoms with Gasteiger partial charge in [0.1, 0.15) is 11.8 Å². The van der Waals surface area contributed by atoms with Gasteiger partial charge in [0.15, 0.2) is 5.17 Å². The summed E-state index contributed by atoms with van der Waals surface area (Å²) in [5.74, 6) is 1.52. The summed E-state index contributed by atoms with van der Waals surface area (Å²) < 4.78 is 5.48. The van der Waals surface area contributed by atoms with Gasteiger partial charge in [0, 0.05) is 11.4 Å². The van der Waals surface area contributed by atoms with Crippen LogP contribution in [0.1, 0.15) is 31.0 Å². The third kappa shape index (κ3) is 4.39. The van der Waals surface area contributed by atoms with Crippen LogP contribution < -0.4 is 15.4 Å². The lowest BCUT2D eigenvalue weighted by atomic mass is 9.94. The van der Waals surface area contributed by atoms with Gasteiger partial charge in [0.05, 0.1) is 12.7 Å². The Hall–Kier alpha value is -2.73. The Balaban J connectivity index is 2.00. The van der Waals surface area contributed by atoms with Crippen molar-refractivity contribution in [2.45, 2.75) is 26.8 Å². The summed E-state index contributed by atoms with van der Waals surface area (Å²) in [6, 6.07) is 15.0. The second-order valence-electron chi connectivity index (χ2n) is 6.48. The molecule has 28 heavy (non-hydrogen) atoms. The van der Waals surface area contributed by atoms with Crippen LogP contribution in [0.2, 0.25) is 0 Å². The molecule has 1 amide bonds. The van der Waals surface area contributed by atoms with E-state index in [1.165, 1.54) is 0 Å². The van der Waals surface area contributed by atoms with E-state index in [0.717, 1.165) is 39.2 Å². The molecular weight excluding hydrogens is 370 g/mol. The van der Waals surface area contributed by atoms with Crippen LogP contribution in [-0.2, 0) is 4.79 Å². The van der Waals surface area contributed by atoms with Crippen molar-refractivity contribution in [1.29, 1.82) is 0 Å². The van der Waals surface area contributed by atoms with Gasteiger partial charge in [-0.15, -0.1) is 0 Å². The summed E-state index contributed by atoms with van der Waals surface area (Å²) >= 11 is 1.63. The summed E-state index contributed by atoms with van der Waals surface area (Å²) in [4.78, 5) is 18.0. The number of amidine groups is 1. The second kappa shape index (κ2) is 8.97. The van der Waals surface area contributed by atoms with Gasteiger partial charge in [-0.25, -0.2) is 4.99 Å². The van der Waals surface area contributed by atoms with Crippen molar-refractivity contribution in [3.05, 3.63) is 70.9 Å². The van der Waals surface area contributed by atoms with Crippen LogP contribution in [0, 0.1) is 6.92 Å². The van der Waals surface area contributed by atoms with Gasteiger partial charge >= 0.3 is 0 Å². The van der Waals surface area contributed by atoms with E-state index in [9.17, 15) is 4.79 Å². The van der Waals surface area contributed by atoms with Crippen molar-refractivity contribution in [3.8, 4) is 5.75 Å². The number of rotatable bonds is 5. The van der Waals surface area contributed by atoms with Gasteiger partial charge in [-0.1, -0.05) is 49.0 Å². The molecule has 0 spiro atoms. The van der Waals surface area contributed by atoms with Crippen molar-refractivity contribution in [1.82, 2.24) is 5.32 Å². The number of carbonyl (C=O) groups is 1. The van der Waals surface area contributed by atoms with Crippen molar-refractivity contribution in [3.63, 3.8) is 0 Å². The third-order valence-corrected chi connectivity index (χ3v) is 5.29. The molecule has 0 bridgehead atoms. The molecule has 3 rings (SSSR count). The second-order valence-corrected chi connectivity index (χ2v) is 7.74. The quantitative estimate of drug-likeness (QED) is 0.772.